The van der Waals surface area contributed by atoms with Gasteiger partial charge in [-0.3, -0.25) is 4.79 Å². The summed E-state index contributed by atoms with van der Waals surface area (Å²) in [5.41, 5.74) is -0.431. The number of hydrogen-bond acceptors (Lipinski definition) is 2. The maximum atomic E-state index is 13.6. The third-order valence-electron chi connectivity index (χ3n) is 3.44. The minimum atomic E-state index is -1.61. The fourth-order valence-corrected chi connectivity index (χ4v) is 2.24. The summed E-state index contributed by atoms with van der Waals surface area (Å²) in [6.45, 7) is 1.56. The maximum absolute atomic E-state index is 13.6. The zero-order valence-electron chi connectivity index (χ0n) is 10.5. The Morgan fingerprint density at radius 1 is 1.21 bits per heavy atom. The zero-order chi connectivity index (χ0) is 14.0. The lowest BCUT2D eigenvalue weighted by atomic mass is 10.0. The molecule has 1 saturated heterocycles. The monoisotopic (exact) mass is 272 g/mol. The summed E-state index contributed by atoms with van der Waals surface area (Å²) in [5, 5.41) is 3.15. The van der Waals surface area contributed by atoms with Gasteiger partial charge in [0, 0.05) is 13.1 Å². The highest BCUT2D eigenvalue weighted by atomic mass is 19.2. The molecule has 1 fully saturated rings. The molecular weight excluding hydrogens is 257 g/mol. The lowest BCUT2D eigenvalue weighted by molar-refractivity contribution is 0.0697. The molecular formula is C13H15F3N2O. The Bertz CT molecular complexity index is 487. The molecule has 0 saturated carbocycles. The molecule has 1 aliphatic rings. The Labute approximate surface area is 109 Å². The number of benzene rings is 1. The lowest BCUT2D eigenvalue weighted by Gasteiger charge is -2.31. The van der Waals surface area contributed by atoms with Crippen molar-refractivity contribution in [2.45, 2.75) is 18.9 Å². The number of nitrogens with one attached hydrogen (secondary N) is 1. The first-order chi connectivity index (χ1) is 9.02. The average molecular weight is 272 g/mol. The molecule has 104 valence electrons. The van der Waals surface area contributed by atoms with Crippen LogP contribution in [0.5, 0.6) is 0 Å². The summed E-state index contributed by atoms with van der Waals surface area (Å²) in [6, 6.07) is 1.73. The van der Waals surface area contributed by atoms with Gasteiger partial charge in [-0.2, -0.15) is 0 Å². The molecule has 1 amide bonds. The Morgan fingerprint density at radius 3 is 2.47 bits per heavy atom. The van der Waals surface area contributed by atoms with Gasteiger partial charge in [-0.15, -0.1) is 0 Å². The summed E-state index contributed by atoms with van der Waals surface area (Å²) in [4.78, 5) is 13.5. The Kier molecular flexibility index (Phi) is 4.09. The van der Waals surface area contributed by atoms with E-state index in [9.17, 15) is 18.0 Å². The number of carbonyl (C=O) groups is 1. The van der Waals surface area contributed by atoms with E-state index >= 15 is 0 Å². The molecule has 1 N–H and O–H groups in total. The van der Waals surface area contributed by atoms with E-state index in [-0.39, 0.29) is 6.04 Å². The number of carbonyl (C=O) groups excluding carboxylic acids is 1. The van der Waals surface area contributed by atoms with Crippen molar-refractivity contribution in [3.63, 3.8) is 0 Å². The molecule has 1 heterocycles. The van der Waals surface area contributed by atoms with Gasteiger partial charge in [0.2, 0.25) is 0 Å². The minimum Gasteiger partial charge on any atom is -0.339 e. The molecule has 19 heavy (non-hydrogen) atoms. The molecule has 2 rings (SSSR count). The molecule has 3 nitrogen and oxygen atoms in total. The molecule has 6 heteroatoms. The van der Waals surface area contributed by atoms with Crippen molar-refractivity contribution in [1.29, 1.82) is 0 Å². The predicted molar refractivity (Wildman–Crippen MR) is 64.3 cm³/mol. The van der Waals surface area contributed by atoms with Crippen LogP contribution in [0.1, 0.15) is 23.2 Å². The fraction of sp³-hybridized carbons (Fsp3) is 0.462. The number of halogens is 3. The second-order valence-electron chi connectivity index (χ2n) is 4.62. The molecule has 0 bridgehead atoms. The van der Waals surface area contributed by atoms with E-state index < -0.39 is 28.9 Å². The van der Waals surface area contributed by atoms with Crippen LogP contribution in [-0.2, 0) is 0 Å². The van der Waals surface area contributed by atoms with Gasteiger partial charge in [0.1, 0.15) is 0 Å². The van der Waals surface area contributed by atoms with Crippen LogP contribution in [0, 0.1) is 17.5 Å². The fourth-order valence-electron chi connectivity index (χ4n) is 2.24. The van der Waals surface area contributed by atoms with Gasteiger partial charge in [-0.25, -0.2) is 13.2 Å². The van der Waals surface area contributed by atoms with Crippen molar-refractivity contribution in [1.82, 2.24) is 10.2 Å². The molecule has 1 aliphatic heterocycles. The molecule has 1 aromatic rings. The molecule has 0 aliphatic carbocycles. The molecule has 0 aromatic heterocycles. The van der Waals surface area contributed by atoms with E-state index in [2.05, 4.69) is 5.32 Å². The third-order valence-corrected chi connectivity index (χ3v) is 3.44. The predicted octanol–water partition coefficient (Wildman–Crippen LogP) is 1.93. The van der Waals surface area contributed by atoms with Gasteiger partial charge in [0.25, 0.3) is 5.91 Å². The molecule has 0 radical (unpaired) electrons. The Hall–Kier alpha value is -1.56. The first-order valence-corrected chi connectivity index (χ1v) is 6.13. The van der Waals surface area contributed by atoms with Crippen LogP contribution in [0.15, 0.2) is 12.1 Å². The van der Waals surface area contributed by atoms with E-state index in [1.165, 1.54) is 4.90 Å². The van der Waals surface area contributed by atoms with E-state index in [1.807, 2.05) is 0 Å². The highest BCUT2D eigenvalue weighted by Crippen LogP contribution is 2.19. The van der Waals surface area contributed by atoms with E-state index in [1.54, 1.807) is 7.05 Å². The summed E-state index contributed by atoms with van der Waals surface area (Å²) < 4.78 is 39.5. The second-order valence-corrected chi connectivity index (χ2v) is 4.62. The lowest BCUT2D eigenvalue weighted by Crippen LogP contribution is -2.44. The first-order valence-electron chi connectivity index (χ1n) is 6.13. The highest BCUT2D eigenvalue weighted by Gasteiger charge is 2.26. The Morgan fingerprint density at radius 2 is 1.84 bits per heavy atom. The van der Waals surface area contributed by atoms with Gasteiger partial charge < -0.3 is 10.2 Å². The third kappa shape index (κ3) is 2.73. The molecule has 1 aromatic carbocycles. The standard InChI is InChI=1S/C13H15F3N2O/c1-18(8-4-6-17-7-5-8)13(19)9-2-3-10(14)12(16)11(9)15/h2-3,8,17H,4-7H2,1H3. The van der Waals surface area contributed by atoms with Gasteiger partial charge >= 0.3 is 0 Å². The van der Waals surface area contributed by atoms with E-state index in [0.717, 1.165) is 38.1 Å². The molecule has 0 atom stereocenters. The molecule has 0 spiro atoms. The zero-order valence-corrected chi connectivity index (χ0v) is 10.5. The van der Waals surface area contributed by atoms with Gasteiger partial charge in [-0.05, 0) is 38.1 Å². The largest absolute Gasteiger partial charge is 0.339 e. The number of piperidine rings is 1. The van der Waals surface area contributed by atoms with Crippen molar-refractivity contribution in [2.75, 3.05) is 20.1 Å². The number of hydrogen-bond donors (Lipinski definition) is 1. The SMILES string of the molecule is CN(C(=O)c1ccc(F)c(F)c1F)C1CCNCC1. The smallest absolute Gasteiger partial charge is 0.256 e. The van der Waals surface area contributed by atoms with Crippen LogP contribution in [0.2, 0.25) is 0 Å². The van der Waals surface area contributed by atoms with Crippen LogP contribution in [0.25, 0.3) is 0 Å². The summed E-state index contributed by atoms with van der Waals surface area (Å²) in [7, 11) is 1.55. The number of rotatable bonds is 2. The topological polar surface area (TPSA) is 32.3 Å². The van der Waals surface area contributed by atoms with Crippen LogP contribution >= 0.6 is 0 Å². The van der Waals surface area contributed by atoms with Crippen molar-refractivity contribution in [3.8, 4) is 0 Å². The van der Waals surface area contributed by atoms with Crippen molar-refractivity contribution >= 4 is 5.91 Å². The van der Waals surface area contributed by atoms with E-state index in [4.69, 9.17) is 0 Å². The quantitative estimate of drug-likeness (QED) is 0.834. The van der Waals surface area contributed by atoms with Crippen LogP contribution in [-0.4, -0.2) is 37.0 Å². The average Bonchev–Trinajstić information content (AvgIpc) is 2.44. The summed E-state index contributed by atoms with van der Waals surface area (Å²) in [6.07, 6.45) is 1.51. The second kappa shape index (κ2) is 5.61. The maximum Gasteiger partial charge on any atom is 0.256 e. The van der Waals surface area contributed by atoms with Crippen molar-refractivity contribution in [2.24, 2.45) is 0 Å². The van der Waals surface area contributed by atoms with Crippen LogP contribution in [0.3, 0.4) is 0 Å². The summed E-state index contributed by atoms with van der Waals surface area (Å²) in [5.74, 6) is -4.95. The van der Waals surface area contributed by atoms with E-state index in [0.29, 0.717) is 0 Å². The molecule has 0 unspecified atom stereocenters. The first kappa shape index (κ1) is 13.9. The summed E-state index contributed by atoms with van der Waals surface area (Å²) >= 11 is 0. The van der Waals surface area contributed by atoms with Crippen LogP contribution < -0.4 is 5.32 Å². The number of nitrogens with zero attached hydrogens (tertiary/aromatic N) is 1. The van der Waals surface area contributed by atoms with Gasteiger partial charge in [0.15, 0.2) is 17.5 Å². The van der Waals surface area contributed by atoms with Crippen LogP contribution in [0.4, 0.5) is 13.2 Å². The van der Waals surface area contributed by atoms with Crippen molar-refractivity contribution < 1.29 is 18.0 Å². The Balaban J connectivity index is 2.21. The number of amides is 1. The minimum absolute atomic E-state index is 0.0127. The van der Waals surface area contributed by atoms with Crippen molar-refractivity contribution in [3.05, 3.63) is 35.1 Å². The highest BCUT2D eigenvalue weighted by molar-refractivity contribution is 5.94. The van der Waals surface area contributed by atoms with Gasteiger partial charge in [-0.1, -0.05) is 0 Å². The van der Waals surface area contributed by atoms with Gasteiger partial charge in [0.05, 0.1) is 5.56 Å². The normalized spacial score (nSPS) is 16.4.